The van der Waals surface area contributed by atoms with E-state index in [1.165, 1.54) is 188 Å². The third-order valence-corrected chi connectivity index (χ3v) is 10.5. The molecule has 0 spiro atoms. The molecule has 0 saturated heterocycles. The van der Waals surface area contributed by atoms with E-state index in [1.54, 1.807) is 0 Å². The van der Waals surface area contributed by atoms with Gasteiger partial charge in [0.05, 0.1) is 47.1 Å². The van der Waals surface area contributed by atoms with Crippen LogP contribution in [0.2, 0.25) is 0 Å². The van der Waals surface area contributed by atoms with Crippen LogP contribution in [-0.2, 0) is 19.5 Å². The molecule has 0 radical (unpaired) electrons. The van der Waals surface area contributed by atoms with Crippen molar-refractivity contribution in [3.8, 4) is 34.3 Å². The Hall–Kier alpha value is -4.64. The Morgan fingerprint density at radius 2 is 0.701 bits per heavy atom. The molecular formula is C52H72N6O6RuS2. The summed E-state index contributed by atoms with van der Waals surface area (Å²) in [6.07, 6.45) is 38.8. The van der Waals surface area contributed by atoms with Crippen LogP contribution in [0.4, 0.5) is 0 Å². The number of aromatic carboxylic acids is 2. The first-order chi connectivity index (χ1) is 32.2. The van der Waals surface area contributed by atoms with Gasteiger partial charge in [-0.15, -0.1) is 0 Å². The Bertz CT molecular complexity index is 1820. The average molecular weight is 1040 g/mol. The number of ether oxygens (including phenoxy) is 2. The average Bonchev–Trinajstić information content (AvgIpc) is 3.33. The molecule has 0 unspecified atom stereocenters. The smallest absolute Gasteiger partial charge is 0.753 e. The number of thiocarbonyl (C=S) groups is 2. The van der Waals surface area contributed by atoms with Gasteiger partial charge in [0.25, 0.3) is 0 Å². The fraction of sp³-hybridized carbons (Fsp3) is 0.538. The minimum atomic E-state index is -1.08. The second kappa shape index (κ2) is 43.9. The van der Waals surface area contributed by atoms with E-state index in [2.05, 4.69) is 58.2 Å². The number of carboxylic acid groups (broad SMARTS) is 2. The van der Waals surface area contributed by atoms with Crippen LogP contribution in [0.3, 0.4) is 0 Å². The number of carboxylic acids is 2. The molecule has 0 aliphatic rings. The molecule has 0 aliphatic heterocycles. The number of aromatic nitrogens is 4. The molecule has 15 heteroatoms. The number of pyridine rings is 4. The molecular weight excluding hydrogens is 970 g/mol. The quantitative estimate of drug-likeness (QED) is 0.0204. The van der Waals surface area contributed by atoms with E-state index in [9.17, 15) is 9.59 Å². The summed E-state index contributed by atoms with van der Waals surface area (Å²) in [4.78, 5) is 38.7. The molecule has 0 aliphatic carbocycles. The van der Waals surface area contributed by atoms with Gasteiger partial charge in [-0.2, -0.15) is 10.3 Å². The van der Waals surface area contributed by atoms with Crippen LogP contribution >= 0.6 is 24.4 Å². The third-order valence-electron chi connectivity index (χ3n) is 10.5. The number of hydrogen-bond acceptors (Lipinski definition) is 10. The first-order valence-electron chi connectivity index (χ1n) is 23.8. The van der Waals surface area contributed by atoms with Crippen molar-refractivity contribution in [2.24, 2.45) is 0 Å². The summed E-state index contributed by atoms with van der Waals surface area (Å²) in [6.45, 7) is 6.09. The summed E-state index contributed by atoms with van der Waals surface area (Å²) in [5.74, 6) is -0.415. The van der Waals surface area contributed by atoms with Gasteiger partial charge in [-0.1, -0.05) is 180 Å². The fourth-order valence-corrected chi connectivity index (χ4v) is 6.96. The Balaban J connectivity index is 0.00000143. The monoisotopic (exact) mass is 1040 g/mol. The van der Waals surface area contributed by atoms with Gasteiger partial charge in [-0.3, -0.25) is 19.9 Å². The van der Waals surface area contributed by atoms with Crippen LogP contribution in [-0.4, -0.2) is 65.6 Å². The van der Waals surface area contributed by atoms with Gasteiger partial charge in [-0.05, 0) is 49.2 Å². The van der Waals surface area contributed by atoms with E-state index < -0.39 is 11.9 Å². The molecule has 366 valence electrons. The topological polar surface area (TPSA) is 189 Å². The fourth-order valence-electron chi connectivity index (χ4n) is 6.96. The van der Waals surface area contributed by atoms with Crippen molar-refractivity contribution in [2.75, 3.05) is 13.2 Å². The van der Waals surface area contributed by atoms with Crippen molar-refractivity contribution in [3.63, 3.8) is 0 Å². The summed E-state index contributed by atoms with van der Waals surface area (Å²) in [6, 6.07) is 13.3. The normalized spacial score (nSPS) is 9.94. The number of nitrogens with zero attached hydrogens (tertiary/aromatic N) is 6. The second-order valence-corrected chi connectivity index (χ2v) is 16.2. The summed E-state index contributed by atoms with van der Waals surface area (Å²) in [5.41, 5.74) is 2.44. The van der Waals surface area contributed by atoms with Gasteiger partial charge in [0.1, 0.15) is 11.5 Å². The first kappa shape index (κ1) is 62.4. The van der Waals surface area contributed by atoms with Gasteiger partial charge in [0.2, 0.25) is 0 Å². The van der Waals surface area contributed by atoms with Gasteiger partial charge in [0.15, 0.2) is 0 Å². The molecule has 4 aromatic rings. The Kier molecular flexibility index (Phi) is 40.9. The zero-order chi connectivity index (χ0) is 48.3. The van der Waals surface area contributed by atoms with Gasteiger partial charge in [0, 0.05) is 36.9 Å². The molecule has 0 atom stereocenters. The molecule has 4 rings (SSSR count). The molecule has 67 heavy (non-hydrogen) atoms. The van der Waals surface area contributed by atoms with Crippen LogP contribution in [0.1, 0.15) is 189 Å². The molecule has 0 saturated carbocycles. The number of unbranched alkanes of at least 4 members (excludes halogenated alkanes) is 22. The van der Waals surface area contributed by atoms with E-state index in [-0.39, 0.29) is 30.6 Å². The molecule has 12 nitrogen and oxygen atoms in total. The van der Waals surface area contributed by atoms with Crippen molar-refractivity contribution < 1.29 is 48.8 Å². The van der Waals surface area contributed by atoms with E-state index in [0.29, 0.717) is 11.4 Å². The molecule has 4 aromatic heterocycles. The van der Waals surface area contributed by atoms with Crippen LogP contribution in [0.25, 0.3) is 33.6 Å². The van der Waals surface area contributed by atoms with Crippen molar-refractivity contribution in [3.05, 3.63) is 95.3 Å². The molecule has 0 amide bonds. The van der Waals surface area contributed by atoms with Crippen LogP contribution in [0.15, 0.2) is 73.3 Å². The third kappa shape index (κ3) is 32.7. The van der Waals surface area contributed by atoms with Crippen molar-refractivity contribution in [2.45, 2.75) is 168 Å². The van der Waals surface area contributed by atoms with Crippen LogP contribution in [0.5, 0.6) is 11.5 Å². The maximum absolute atomic E-state index is 10.8. The van der Waals surface area contributed by atoms with Gasteiger partial charge in [-0.25, -0.2) is 9.59 Å². The molecule has 0 fully saturated rings. The SMILES string of the molecule is CCCCCCCCCCCCCCOc1ccnc(-c2cc(OCCCCCCCCCCCCCC)ccn2)c1.O=C(O)c1ccnc(-c2cc(C(=O)O)ccn2)c1.[N-]=C=S.[N-]=C=S.[Ru+2]. The van der Waals surface area contributed by atoms with Crippen LogP contribution < -0.4 is 9.47 Å². The standard InChI is InChI=1S/C38H64N2O2.C12H8N2O4.2CNS.Ru/c1-3-5-7-9-11-13-15-17-19-21-23-25-31-41-35-27-29-39-37(33-35)38-34-36(28-30-40-38)42-32-26-24-22-20-18-16-14-12-10-8-6-4-2;15-11(16)7-1-3-13-9(5-7)10-6-8(12(17)18)2-4-14-10;2*2-1-3;/h27-30,33-34H,3-26,31-32H2,1-2H3;1-6H,(H,15,16)(H,17,18);;;/q;;2*-1;+2. The number of hydrogen-bond donors (Lipinski definition) is 2. The maximum atomic E-state index is 10.8. The van der Waals surface area contributed by atoms with E-state index >= 15 is 0 Å². The van der Waals surface area contributed by atoms with Gasteiger partial charge >= 0.3 is 31.4 Å². The number of carbonyl (C=O) groups is 2. The number of isothiocyanates is 2. The second-order valence-electron chi connectivity index (χ2n) is 15.9. The largest absolute Gasteiger partial charge is 2.00 e. The summed E-state index contributed by atoms with van der Waals surface area (Å²) in [7, 11) is 0. The van der Waals surface area contributed by atoms with Crippen LogP contribution in [0, 0.1) is 0 Å². The summed E-state index contributed by atoms with van der Waals surface area (Å²) in [5, 5.41) is 34.6. The minimum absolute atomic E-state index is 0. The molecule has 2 N–H and O–H groups in total. The van der Waals surface area contributed by atoms with Crippen molar-refractivity contribution in [1.29, 1.82) is 0 Å². The van der Waals surface area contributed by atoms with E-state index in [4.69, 9.17) is 30.5 Å². The Morgan fingerprint density at radius 1 is 0.463 bits per heavy atom. The van der Waals surface area contributed by atoms with Crippen molar-refractivity contribution in [1.82, 2.24) is 19.9 Å². The molecule has 0 aromatic carbocycles. The predicted molar refractivity (Wildman–Crippen MR) is 274 cm³/mol. The Labute approximate surface area is 423 Å². The van der Waals surface area contributed by atoms with E-state index in [0.717, 1.165) is 48.9 Å². The minimum Gasteiger partial charge on any atom is -0.753 e. The predicted octanol–water partition coefficient (Wildman–Crippen LogP) is 15.2. The van der Waals surface area contributed by atoms with Crippen molar-refractivity contribution >= 4 is 46.7 Å². The Morgan fingerprint density at radius 3 is 0.970 bits per heavy atom. The zero-order valence-electron chi connectivity index (χ0n) is 39.7. The summed E-state index contributed by atoms with van der Waals surface area (Å²) < 4.78 is 12.1. The van der Waals surface area contributed by atoms with Gasteiger partial charge < -0.3 is 30.5 Å². The molecule has 4 heterocycles. The van der Waals surface area contributed by atoms with E-state index in [1.807, 2.05) is 36.7 Å². The summed E-state index contributed by atoms with van der Waals surface area (Å²) >= 11 is 7.40. The maximum Gasteiger partial charge on any atom is 2.00 e. The molecule has 0 bridgehead atoms. The first-order valence-corrected chi connectivity index (χ1v) is 24.7. The number of rotatable bonds is 32. The zero-order valence-corrected chi connectivity index (χ0v) is 43.1.